The smallest absolute Gasteiger partial charge is 0.350 e. The van der Waals surface area contributed by atoms with Gasteiger partial charge in [0.25, 0.3) is 0 Å². The number of ether oxygens (including phenoxy) is 3. The maximum Gasteiger partial charge on any atom is 0.350 e. The predicted molar refractivity (Wildman–Crippen MR) is 123 cm³/mol. The lowest BCUT2D eigenvalue weighted by molar-refractivity contribution is -0.160. The monoisotopic (exact) mass is 418 g/mol. The molecule has 0 aromatic heterocycles. The van der Waals surface area contributed by atoms with Crippen LogP contribution in [0.15, 0.2) is 78.9 Å². The van der Waals surface area contributed by atoms with Gasteiger partial charge in [-0.15, -0.1) is 0 Å². The molecule has 4 nitrogen and oxygen atoms in total. The summed E-state index contributed by atoms with van der Waals surface area (Å²) in [5.41, 5.74) is 2.66. The van der Waals surface area contributed by atoms with E-state index in [9.17, 15) is 4.79 Å². The van der Waals surface area contributed by atoms with Crippen molar-refractivity contribution >= 4 is 5.97 Å². The zero-order chi connectivity index (χ0) is 22.1. The van der Waals surface area contributed by atoms with E-state index >= 15 is 0 Å². The third-order valence-corrected chi connectivity index (χ3v) is 5.27. The van der Waals surface area contributed by atoms with E-state index in [1.165, 1.54) is 16.7 Å². The highest BCUT2D eigenvalue weighted by molar-refractivity contribution is 5.79. The summed E-state index contributed by atoms with van der Waals surface area (Å²) < 4.78 is 16.9. The Balaban J connectivity index is 1.51. The van der Waals surface area contributed by atoms with Gasteiger partial charge in [0.15, 0.2) is 0 Å². The van der Waals surface area contributed by atoms with Crippen LogP contribution in [0.2, 0.25) is 0 Å². The Morgan fingerprint density at radius 3 is 2.03 bits per heavy atom. The average Bonchev–Trinajstić information content (AvgIpc) is 2.81. The van der Waals surface area contributed by atoms with Crippen LogP contribution in [0.4, 0.5) is 0 Å². The molecule has 0 bridgehead atoms. The normalized spacial score (nSPS) is 12.6. The molecule has 0 amide bonds. The van der Waals surface area contributed by atoms with E-state index < -0.39 is 5.60 Å². The lowest BCUT2D eigenvalue weighted by atomic mass is 10.0. The van der Waals surface area contributed by atoms with Crippen molar-refractivity contribution < 1.29 is 19.0 Å². The van der Waals surface area contributed by atoms with E-state index in [-0.39, 0.29) is 5.97 Å². The number of hydrogen-bond acceptors (Lipinski definition) is 4. The second kappa shape index (κ2) is 10.7. The maximum absolute atomic E-state index is 12.2. The van der Waals surface area contributed by atoms with E-state index in [1.54, 1.807) is 13.8 Å². The lowest BCUT2D eigenvalue weighted by Gasteiger charge is -2.27. The van der Waals surface area contributed by atoms with Gasteiger partial charge in [-0.3, -0.25) is 0 Å². The molecule has 0 aliphatic rings. The summed E-state index contributed by atoms with van der Waals surface area (Å²) in [5.74, 6) is 1.03. The molecule has 1 unspecified atom stereocenters. The van der Waals surface area contributed by atoms with Gasteiger partial charge in [0.1, 0.15) is 11.5 Å². The molecule has 0 spiro atoms. The summed E-state index contributed by atoms with van der Waals surface area (Å²) in [4.78, 5) is 12.2. The van der Waals surface area contributed by atoms with Gasteiger partial charge in [-0.2, -0.15) is 0 Å². The van der Waals surface area contributed by atoms with Crippen LogP contribution in [0.5, 0.6) is 11.5 Å². The maximum atomic E-state index is 12.2. The van der Waals surface area contributed by atoms with Crippen molar-refractivity contribution in [3.63, 3.8) is 0 Å². The van der Waals surface area contributed by atoms with Crippen LogP contribution in [0, 0.1) is 0 Å². The molecular weight excluding hydrogens is 388 g/mol. The molecule has 31 heavy (non-hydrogen) atoms. The third-order valence-electron chi connectivity index (χ3n) is 5.27. The second-order valence-corrected chi connectivity index (χ2v) is 7.54. The SMILES string of the molecule is CCOC(=O)C(C)(CC)Oc1ccc(OCCc2ccc(-c3ccccc3)cc2)cc1. The molecule has 0 aliphatic carbocycles. The van der Waals surface area contributed by atoms with Crippen LogP contribution >= 0.6 is 0 Å². The molecule has 0 fully saturated rings. The minimum atomic E-state index is -0.996. The minimum Gasteiger partial charge on any atom is -0.493 e. The van der Waals surface area contributed by atoms with Gasteiger partial charge < -0.3 is 14.2 Å². The number of carbonyl (C=O) groups excluding carboxylic acids is 1. The molecule has 0 saturated heterocycles. The number of carbonyl (C=O) groups is 1. The summed E-state index contributed by atoms with van der Waals surface area (Å²) in [5, 5.41) is 0. The van der Waals surface area contributed by atoms with E-state index in [1.807, 2.05) is 49.4 Å². The van der Waals surface area contributed by atoms with E-state index in [0.29, 0.717) is 25.4 Å². The Hall–Kier alpha value is -3.27. The van der Waals surface area contributed by atoms with E-state index in [2.05, 4.69) is 36.4 Å². The summed E-state index contributed by atoms with van der Waals surface area (Å²) in [6.07, 6.45) is 1.34. The highest BCUT2D eigenvalue weighted by Crippen LogP contribution is 2.25. The van der Waals surface area contributed by atoms with Gasteiger partial charge in [0.05, 0.1) is 13.2 Å². The standard InChI is InChI=1S/C27H30O4/c1-4-27(3,26(28)29-5-2)31-25-17-15-24(16-18-25)30-20-19-21-11-13-23(14-12-21)22-9-7-6-8-10-22/h6-18H,4-5,19-20H2,1-3H3. The molecule has 162 valence electrons. The number of hydrogen-bond donors (Lipinski definition) is 0. The first-order valence-corrected chi connectivity index (χ1v) is 10.8. The first-order chi connectivity index (χ1) is 15.0. The highest BCUT2D eigenvalue weighted by Gasteiger charge is 2.35. The van der Waals surface area contributed by atoms with Gasteiger partial charge >= 0.3 is 5.97 Å². The second-order valence-electron chi connectivity index (χ2n) is 7.54. The Bertz CT molecular complexity index is 949. The number of benzene rings is 3. The molecule has 4 heteroatoms. The topological polar surface area (TPSA) is 44.8 Å². The van der Waals surface area contributed by atoms with E-state index in [0.717, 1.165) is 12.2 Å². The van der Waals surface area contributed by atoms with Crippen LogP contribution in [-0.4, -0.2) is 24.8 Å². The van der Waals surface area contributed by atoms with Crippen molar-refractivity contribution in [2.24, 2.45) is 0 Å². The van der Waals surface area contributed by atoms with Gasteiger partial charge in [-0.25, -0.2) is 4.79 Å². The molecule has 0 radical (unpaired) electrons. The molecule has 3 aromatic carbocycles. The fourth-order valence-corrected chi connectivity index (χ4v) is 3.19. The van der Waals surface area contributed by atoms with Crippen molar-refractivity contribution in [1.82, 2.24) is 0 Å². The summed E-state index contributed by atoms with van der Waals surface area (Å²) in [6, 6.07) is 26.3. The number of esters is 1. The zero-order valence-electron chi connectivity index (χ0n) is 18.5. The Labute approximate surface area is 184 Å². The van der Waals surface area contributed by atoms with Crippen molar-refractivity contribution in [3.05, 3.63) is 84.4 Å². The zero-order valence-corrected chi connectivity index (χ0v) is 18.5. The molecule has 0 aliphatic heterocycles. The fraction of sp³-hybridized carbons (Fsp3) is 0.296. The van der Waals surface area contributed by atoms with Gasteiger partial charge in [-0.1, -0.05) is 61.5 Å². The Kier molecular flexibility index (Phi) is 7.71. The van der Waals surface area contributed by atoms with E-state index in [4.69, 9.17) is 14.2 Å². The van der Waals surface area contributed by atoms with Crippen molar-refractivity contribution in [1.29, 1.82) is 0 Å². The third kappa shape index (κ3) is 6.11. The fourth-order valence-electron chi connectivity index (χ4n) is 3.19. The van der Waals surface area contributed by atoms with Gasteiger partial charge in [0, 0.05) is 6.42 Å². The van der Waals surface area contributed by atoms with Crippen LogP contribution in [-0.2, 0) is 16.0 Å². The van der Waals surface area contributed by atoms with Crippen LogP contribution in [0.25, 0.3) is 11.1 Å². The van der Waals surface area contributed by atoms with Crippen LogP contribution < -0.4 is 9.47 Å². The Morgan fingerprint density at radius 1 is 0.806 bits per heavy atom. The molecule has 0 heterocycles. The quantitative estimate of drug-likeness (QED) is 0.374. The largest absolute Gasteiger partial charge is 0.493 e. The highest BCUT2D eigenvalue weighted by atomic mass is 16.6. The van der Waals surface area contributed by atoms with Gasteiger partial charge in [-0.05, 0) is 61.2 Å². The minimum absolute atomic E-state index is 0.333. The molecular formula is C27H30O4. The van der Waals surface area contributed by atoms with Crippen molar-refractivity contribution in [2.75, 3.05) is 13.2 Å². The van der Waals surface area contributed by atoms with Crippen LogP contribution in [0.1, 0.15) is 32.8 Å². The first kappa shape index (κ1) is 22.4. The Morgan fingerprint density at radius 2 is 1.42 bits per heavy atom. The molecule has 0 N–H and O–H groups in total. The van der Waals surface area contributed by atoms with Crippen molar-refractivity contribution in [3.8, 4) is 22.6 Å². The van der Waals surface area contributed by atoms with Crippen LogP contribution in [0.3, 0.4) is 0 Å². The van der Waals surface area contributed by atoms with Crippen molar-refractivity contribution in [2.45, 2.75) is 39.2 Å². The average molecular weight is 419 g/mol. The summed E-state index contributed by atoms with van der Waals surface area (Å²) in [7, 11) is 0. The molecule has 3 rings (SSSR count). The molecule has 3 aromatic rings. The van der Waals surface area contributed by atoms with Gasteiger partial charge in [0.2, 0.25) is 5.60 Å². The molecule has 0 saturated carbocycles. The summed E-state index contributed by atoms with van der Waals surface area (Å²) >= 11 is 0. The number of rotatable bonds is 10. The first-order valence-electron chi connectivity index (χ1n) is 10.8. The lowest BCUT2D eigenvalue weighted by Crippen LogP contribution is -2.42. The summed E-state index contributed by atoms with van der Waals surface area (Å²) in [6.45, 7) is 6.36. The predicted octanol–water partition coefficient (Wildman–Crippen LogP) is 6.09. The molecule has 1 atom stereocenters.